The zero-order valence-corrected chi connectivity index (χ0v) is 10.7. The highest BCUT2D eigenvalue weighted by molar-refractivity contribution is 5.61. The maximum Gasteiger partial charge on any atom is 0.103 e. The second kappa shape index (κ2) is 5.32. The molecule has 0 aromatic carbocycles. The fraction of sp³-hybridized carbons (Fsp3) is 0.462. The number of aromatic nitrogens is 1. The monoisotopic (exact) mass is 228 g/mol. The number of rotatable bonds is 3. The number of aryl methyl sites for hydroxylation is 2. The largest absolute Gasteiger partial charge is 0.372 e. The molecule has 4 heteroatoms. The molecule has 0 spiro atoms. The molecule has 1 atom stereocenters. The molecule has 1 unspecified atom stereocenters. The van der Waals surface area contributed by atoms with Crippen LogP contribution >= 0.6 is 0 Å². The molecule has 17 heavy (non-hydrogen) atoms. The van der Waals surface area contributed by atoms with E-state index in [1.54, 1.807) is 0 Å². The minimum absolute atomic E-state index is 0.0691. The average molecular weight is 228 g/mol. The summed E-state index contributed by atoms with van der Waals surface area (Å²) in [6, 6.07) is 6.25. The van der Waals surface area contributed by atoms with Crippen molar-refractivity contribution < 1.29 is 0 Å². The standard InChI is InChI=1S/C13H16N4/c1-9(6-14)8-17(4)13-5-10(2)16-11(3)12(13)7-15/h5,9H,8H2,1-4H3. The van der Waals surface area contributed by atoms with E-state index >= 15 is 0 Å². The molecular formula is C13H16N4. The highest BCUT2D eigenvalue weighted by Crippen LogP contribution is 2.22. The van der Waals surface area contributed by atoms with Gasteiger partial charge < -0.3 is 4.90 Å². The third kappa shape index (κ3) is 2.95. The maximum absolute atomic E-state index is 9.15. The first kappa shape index (κ1) is 13.0. The summed E-state index contributed by atoms with van der Waals surface area (Å²) in [4.78, 5) is 6.21. The molecule has 0 aliphatic carbocycles. The summed E-state index contributed by atoms with van der Waals surface area (Å²) in [5.74, 6) is -0.0691. The fourth-order valence-corrected chi connectivity index (χ4v) is 1.80. The Labute approximate surface area is 102 Å². The van der Waals surface area contributed by atoms with Gasteiger partial charge in [0.2, 0.25) is 0 Å². The van der Waals surface area contributed by atoms with Gasteiger partial charge in [-0.3, -0.25) is 4.98 Å². The lowest BCUT2D eigenvalue weighted by Gasteiger charge is -2.22. The van der Waals surface area contributed by atoms with Gasteiger partial charge in [0, 0.05) is 19.3 Å². The van der Waals surface area contributed by atoms with Gasteiger partial charge in [-0.25, -0.2) is 0 Å². The van der Waals surface area contributed by atoms with Crippen LogP contribution in [0.2, 0.25) is 0 Å². The zero-order chi connectivity index (χ0) is 13.0. The summed E-state index contributed by atoms with van der Waals surface area (Å²) in [6.07, 6.45) is 0. The van der Waals surface area contributed by atoms with Gasteiger partial charge in [0.15, 0.2) is 0 Å². The van der Waals surface area contributed by atoms with Crippen molar-refractivity contribution in [2.45, 2.75) is 20.8 Å². The number of hydrogen-bond donors (Lipinski definition) is 0. The smallest absolute Gasteiger partial charge is 0.103 e. The lowest BCUT2D eigenvalue weighted by Crippen LogP contribution is -2.24. The maximum atomic E-state index is 9.15. The Morgan fingerprint density at radius 3 is 2.59 bits per heavy atom. The normalized spacial score (nSPS) is 11.4. The van der Waals surface area contributed by atoms with Crippen molar-refractivity contribution in [2.24, 2.45) is 5.92 Å². The van der Waals surface area contributed by atoms with Gasteiger partial charge in [-0.2, -0.15) is 10.5 Å². The van der Waals surface area contributed by atoms with Crippen LogP contribution < -0.4 is 4.90 Å². The van der Waals surface area contributed by atoms with Crippen molar-refractivity contribution in [1.29, 1.82) is 10.5 Å². The molecule has 0 radical (unpaired) electrons. The third-order valence-corrected chi connectivity index (χ3v) is 2.60. The summed E-state index contributed by atoms with van der Waals surface area (Å²) in [5.41, 5.74) is 3.05. The first-order valence-electron chi connectivity index (χ1n) is 5.48. The Kier molecular flexibility index (Phi) is 4.06. The predicted molar refractivity (Wildman–Crippen MR) is 66.5 cm³/mol. The zero-order valence-electron chi connectivity index (χ0n) is 10.7. The molecule has 0 amide bonds. The van der Waals surface area contributed by atoms with E-state index in [9.17, 15) is 0 Å². The van der Waals surface area contributed by atoms with E-state index in [0.29, 0.717) is 12.1 Å². The number of nitriles is 2. The van der Waals surface area contributed by atoms with E-state index in [1.807, 2.05) is 38.8 Å². The molecule has 0 bridgehead atoms. The number of hydrogen-bond acceptors (Lipinski definition) is 4. The van der Waals surface area contributed by atoms with Crippen LogP contribution in [0.3, 0.4) is 0 Å². The van der Waals surface area contributed by atoms with Crippen LogP contribution in [0.5, 0.6) is 0 Å². The van der Waals surface area contributed by atoms with E-state index < -0.39 is 0 Å². The van der Waals surface area contributed by atoms with Crippen LogP contribution in [-0.2, 0) is 0 Å². The van der Waals surface area contributed by atoms with Gasteiger partial charge in [-0.05, 0) is 26.8 Å². The SMILES string of the molecule is Cc1cc(N(C)CC(C)C#N)c(C#N)c(C)n1. The molecule has 0 saturated carbocycles. The molecule has 1 heterocycles. The molecule has 4 nitrogen and oxygen atoms in total. The quantitative estimate of drug-likeness (QED) is 0.795. The molecule has 1 rings (SSSR count). The van der Waals surface area contributed by atoms with Crippen molar-refractivity contribution in [3.05, 3.63) is 23.0 Å². The lowest BCUT2D eigenvalue weighted by molar-refractivity contribution is 0.715. The molecule has 0 fully saturated rings. The highest BCUT2D eigenvalue weighted by Gasteiger charge is 2.13. The van der Waals surface area contributed by atoms with E-state index in [2.05, 4.69) is 17.1 Å². The van der Waals surface area contributed by atoms with Crippen LogP contribution in [0.1, 0.15) is 23.9 Å². The van der Waals surface area contributed by atoms with Gasteiger partial charge in [0.05, 0.1) is 28.9 Å². The Hall–Kier alpha value is -2.07. The van der Waals surface area contributed by atoms with Crippen molar-refractivity contribution in [2.75, 3.05) is 18.5 Å². The second-order valence-electron chi connectivity index (χ2n) is 4.27. The number of nitrogens with zero attached hydrogens (tertiary/aromatic N) is 4. The van der Waals surface area contributed by atoms with E-state index in [1.165, 1.54) is 0 Å². The Morgan fingerprint density at radius 2 is 2.06 bits per heavy atom. The second-order valence-corrected chi connectivity index (χ2v) is 4.27. The van der Waals surface area contributed by atoms with Gasteiger partial charge in [0.25, 0.3) is 0 Å². The predicted octanol–water partition coefficient (Wildman–Crippen LogP) is 2.17. The van der Waals surface area contributed by atoms with Crippen molar-refractivity contribution in [3.63, 3.8) is 0 Å². The Bertz CT molecular complexity index is 493. The highest BCUT2D eigenvalue weighted by atomic mass is 15.1. The summed E-state index contributed by atoms with van der Waals surface area (Å²) in [6.45, 7) is 6.20. The molecule has 0 aliphatic rings. The van der Waals surface area contributed by atoms with Crippen LogP contribution in [0.25, 0.3) is 0 Å². The van der Waals surface area contributed by atoms with Gasteiger partial charge >= 0.3 is 0 Å². The summed E-state index contributed by atoms with van der Waals surface area (Å²) >= 11 is 0. The van der Waals surface area contributed by atoms with Crippen LogP contribution in [0, 0.1) is 42.4 Å². The summed E-state index contributed by atoms with van der Waals surface area (Å²) in [5, 5.41) is 18.0. The minimum Gasteiger partial charge on any atom is -0.372 e. The minimum atomic E-state index is -0.0691. The van der Waals surface area contributed by atoms with Crippen molar-refractivity contribution in [1.82, 2.24) is 4.98 Å². The van der Waals surface area contributed by atoms with Crippen LogP contribution in [-0.4, -0.2) is 18.6 Å². The van der Waals surface area contributed by atoms with Gasteiger partial charge in [-0.1, -0.05) is 0 Å². The van der Waals surface area contributed by atoms with Crippen LogP contribution in [0.15, 0.2) is 6.07 Å². The molecular weight excluding hydrogens is 212 g/mol. The Morgan fingerprint density at radius 1 is 1.41 bits per heavy atom. The summed E-state index contributed by atoms with van der Waals surface area (Å²) < 4.78 is 0. The Balaban J connectivity index is 3.14. The average Bonchev–Trinajstić information content (AvgIpc) is 2.27. The number of anilines is 1. The summed E-state index contributed by atoms with van der Waals surface area (Å²) in [7, 11) is 1.89. The molecule has 1 aromatic rings. The molecule has 0 aliphatic heterocycles. The van der Waals surface area contributed by atoms with Crippen LogP contribution in [0.4, 0.5) is 5.69 Å². The van der Waals surface area contributed by atoms with E-state index in [4.69, 9.17) is 10.5 Å². The molecule has 88 valence electrons. The molecule has 0 N–H and O–H groups in total. The van der Waals surface area contributed by atoms with Crippen molar-refractivity contribution in [3.8, 4) is 12.1 Å². The van der Waals surface area contributed by atoms with E-state index in [0.717, 1.165) is 17.1 Å². The van der Waals surface area contributed by atoms with Crippen molar-refractivity contribution >= 4 is 5.69 Å². The van der Waals surface area contributed by atoms with Gasteiger partial charge in [-0.15, -0.1) is 0 Å². The topological polar surface area (TPSA) is 63.7 Å². The first-order valence-corrected chi connectivity index (χ1v) is 5.48. The lowest BCUT2D eigenvalue weighted by atomic mass is 10.1. The molecule has 1 aromatic heterocycles. The van der Waals surface area contributed by atoms with Gasteiger partial charge in [0.1, 0.15) is 6.07 Å². The first-order chi connectivity index (χ1) is 7.99. The molecule has 0 saturated heterocycles. The number of pyridine rings is 1. The van der Waals surface area contributed by atoms with E-state index in [-0.39, 0.29) is 5.92 Å². The third-order valence-electron chi connectivity index (χ3n) is 2.60. The fourth-order valence-electron chi connectivity index (χ4n) is 1.80.